The van der Waals surface area contributed by atoms with E-state index in [4.69, 9.17) is 9.84 Å². The van der Waals surface area contributed by atoms with Crippen molar-refractivity contribution in [1.29, 1.82) is 0 Å². The summed E-state index contributed by atoms with van der Waals surface area (Å²) in [5, 5.41) is 21.9. The average molecular weight is 476 g/mol. The summed E-state index contributed by atoms with van der Waals surface area (Å²) < 4.78 is 6.75. The number of alkyl carbamates (subject to hydrolysis) is 1. The summed E-state index contributed by atoms with van der Waals surface area (Å²) in [4.78, 5) is 35.5. The van der Waals surface area contributed by atoms with Gasteiger partial charge in [0.1, 0.15) is 24.9 Å². The summed E-state index contributed by atoms with van der Waals surface area (Å²) in [7, 11) is 0. The lowest BCUT2D eigenvalue weighted by Crippen LogP contribution is -2.42. The molecule has 0 fully saturated rings. The molecule has 3 N–H and O–H groups in total. The lowest BCUT2D eigenvalue weighted by Gasteiger charge is -2.14. The molecule has 0 radical (unpaired) electrons. The zero-order valence-electron chi connectivity index (χ0n) is 18.9. The van der Waals surface area contributed by atoms with Crippen molar-refractivity contribution in [2.24, 2.45) is 0 Å². The minimum Gasteiger partial charge on any atom is -0.480 e. The lowest BCUT2D eigenvalue weighted by atomic mass is 9.98. The molecular weight excluding hydrogens is 450 g/mol. The fraction of sp³-hybridized carbons (Fsp3) is 0.240. The third kappa shape index (κ3) is 5.55. The van der Waals surface area contributed by atoms with Gasteiger partial charge in [0.15, 0.2) is 0 Å². The number of amides is 2. The molecule has 10 heteroatoms. The minimum atomic E-state index is -1.15. The van der Waals surface area contributed by atoms with Crippen LogP contribution in [-0.2, 0) is 27.4 Å². The van der Waals surface area contributed by atoms with E-state index in [1.807, 2.05) is 36.4 Å². The molecule has 0 aliphatic heterocycles. The molecule has 35 heavy (non-hydrogen) atoms. The van der Waals surface area contributed by atoms with E-state index in [0.717, 1.165) is 22.3 Å². The standard InChI is InChI=1S/C25H25N5O5/c1-2-7-22(24(32)33)27-23(31)14-30-13-16(28-29-30)12-26-25(34)35-15-21-19-10-5-3-8-17(19)18-9-4-6-11-20(18)21/h2-6,8-11,13,21-22H,1,7,12,14-15H2,(H,26,34)(H,27,31)(H,32,33). The van der Waals surface area contributed by atoms with Crippen LogP contribution in [0.3, 0.4) is 0 Å². The topological polar surface area (TPSA) is 135 Å². The van der Waals surface area contributed by atoms with Gasteiger partial charge in [0.25, 0.3) is 0 Å². The summed E-state index contributed by atoms with van der Waals surface area (Å²) in [5.41, 5.74) is 4.97. The number of fused-ring (bicyclic) bond motifs is 3. The highest BCUT2D eigenvalue weighted by Crippen LogP contribution is 2.44. The van der Waals surface area contributed by atoms with Crippen LogP contribution in [0.15, 0.2) is 67.4 Å². The van der Waals surface area contributed by atoms with Gasteiger partial charge in [-0.15, -0.1) is 11.7 Å². The Labute approximate surface area is 201 Å². The van der Waals surface area contributed by atoms with Gasteiger partial charge in [0.2, 0.25) is 5.91 Å². The highest BCUT2D eigenvalue weighted by atomic mass is 16.5. The lowest BCUT2D eigenvalue weighted by molar-refractivity contribution is -0.141. The second-order valence-corrected chi connectivity index (χ2v) is 8.07. The number of aliphatic carboxylic acids is 1. The Morgan fingerprint density at radius 1 is 1.11 bits per heavy atom. The monoisotopic (exact) mass is 475 g/mol. The first kappa shape index (κ1) is 23.7. The summed E-state index contributed by atoms with van der Waals surface area (Å²) in [6, 6.07) is 15.1. The van der Waals surface area contributed by atoms with Crippen molar-refractivity contribution in [1.82, 2.24) is 25.6 Å². The van der Waals surface area contributed by atoms with Gasteiger partial charge in [-0.1, -0.05) is 59.8 Å². The predicted molar refractivity (Wildman–Crippen MR) is 126 cm³/mol. The van der Waals surface area contributed by atoms with E-state index in [9.17, 15) is 14.4 Å². The van der Waals surface area contributed by atoms with Crippen molar-refractivity contribution in [2.45, 2.75) is 31.5 Å². The summed E-state index contributed by atoms with van der Waals surface area (Å²) >= 11 is 0. The van der Waals surface area contributed by atoms with E-state index in [-0.39, 0.29) is 32.0 Å². The molecule has 1 aromatic heterocycles. The minimum absolute atomic E-state index is 0.0387. The molecule has 0 bridgehead atoms. The number of nitrogens with one attached hydrogen (secondary N) is 2. The highest BCUT2D eigenvalue weighted by molar-refractivity contribution is 5.83. The van der Waals surface area contributed by atoms with E-state index in [0.29, 0.717) is 5.69 Å². The van der Waals surface area contributed by atoms with E-state index < -0.39 is 24.0 Å². The third-order valence-electron chi connectivity index (χ3n) is 5.68. The number of hydrogen-bond acceptors (Lipinski definition) is 6. The quantitative estimate of drug-likeness (QED) is 0.383. The number of carboxylic acids is 1. The third-order valence-corrected chi connectivity index (χ3v) is 5.68. The maximum absolute atomic E-state index is 12.3. The molecule has 1 aliphatic rings. The van der Waals surface area contributed by atoms with E-state index in [1.54, 1.807) is 0 Å². The van der Waals surface area contributed by atoms with Crippen molar-refractivity contribution in [3.05, 3.63) is 84.2 Å². The molecular formula is C25H25N5O5. The predicted octanol–water partition coefficient (Wildman–Crippen LogP) is 2.46. The maximum Gasteiger partial charge on any atom is 0.407 e. The summed E-state index contributed by atoms with van der Waals surface area (Å²) in [6.45, 7) is 3.53. The summed E-state index contributed by atoms with van der Waals surface area (Å²) in [6.07, 6.45) is 2.43. The van der Waals surface area contributed by atoms with Crippen LogP contribution in [0.2, 0.25) is 0 Å². The largest absolute Gasteiger partial charge is 0.480 e. The van der Waals surface area contributed by atoms with Gasteiger partial charge in [0.05, 0.1) is 12.7 Å². The number of ether oxygens (including phenoxy) is 1. The molecule has 0 spiro atoms. The number of nitrogens with zero attached hydrogens (tertiary/aromatic N) is 3. The van der Waals surface area contributed by atoms with Crippen LogP contribution < -0.4 is 10.6 Å². The van der Waals surface area contributed by atoms with Crippen molar-refractivity contribution < 1.29 is 24.2 Å². The number of carbonyl (C=O) groups excluding carboxylic acids is 2. The van der Waals surface area contributed by atoms with E-state index in [1.165, 1.54) is 17.0 Å². The molecule has 1 heterocycles. The molecule has 1 aliphatic carbocycles. The molecule has 1 unspecified atom stereocenters. The molecule has 180 valence electrons. The normalized spacial score (nSPS) is 12.8. The Balaban J connectivity index is 1.27. The first-order chi connectivity index (χ1) is 17.0. The van der Waals surface area contributed by atoms with Gasteiger partial charge in [0, 0.05) is 5.92 Å². The van der Waals surface area contributed by atoms with Crippen LogP contribution in [-0.4, -0.2) is 50.7 Å². The second-order valence-electron chi connectivity index (χ2n) is 8.07. The maximum atomic E-state index is 12.3. The van der Waals surface area contributed by atoms with E-state index >= 15 is 0 Å². The number of carbonyl (C=O) groups is 3. The SMILES string of the molecule is C=CCC(NC(=O)Cn1cc(CNC(=O)OCC2c3ccccc3-c3ccccc32)nn1)C(=O)O. The highest BCUT2D eigenvalue weighted by Gasteiger charge is 2.29. The van der Waals surface area contributed by atoms with Gasteiger partial charge in [-0.25, -0.2) is 14.3 Å². The Kier molecular flexibility index (Phi) is 7.20. The molecule has 0 saturated heterocycles. The molecule has 2 aromatic carbocycles. The molecule has 10 nitrogen and oxygen atoms in total. The zero-order valence-corrected chi connectivity index (χ0v) is 18.9. The number of rotatable bonds is 10. The van der Waals surface area contributed by atoms with Gasteiger partial charge in [-0.2, -0.15) is 0 Å². The number of hydrogen-bond donors (Lipinski definition) is 3. The number of carboxylic acid groups (broad SMARTS) is 1. The van der Waals surface area contributed by atoms with Gasteiger partial charge in [-0.3, -0.25) is 4.79 Å². The van der Waals surface area contributed by atoms with Crippen molar-refractivity contribution >= 4 is 18.0 Å². The molecule has 3 aromatic rings. The zero-order chi connectivity index (χ0) is 24.8. The number of benzene rings is 2. The van der Waals surface area contributed by atoms with Crippen molar-refractivity contribution in [3.8, 4) is 11.1 Å². The van der Waals surface area contributed by atoms with Gasteiger partial charge < -0.3 is 20.5 Å². The van der Waals surface area contributed by atoms with Gasteiger partial charge >= 0.3 is 12.1 Å². The first-order valence-corrected chi connectivity index (χ1v) is 11.1. The van der Waals surface area contributed by atoms with Crippen LogP contribution in [0.25, 0.3) is 11.1 Å². The fourth-order valence-corrected chi connectivity index (χ4v) is 4.08. The van der Waals surface area contributed by atoms with Crippen LogP contribution in [0.5, 0.6) is 0 Å². The second kappa shape index (κ2) is 10.6. The fourth-order valence-electron chi connectivity index (χ4n) is 4.08. The van der Waals surface area contributed by atoms with Crippen LogP contribution in [0.4, 0.5) is 4.79 Å². The Bertz CT molecular complexity index is 1210. The smallest absolute Gasteiger partial charge is 0.407 e. The molecule has 4 rings (SSSR count). The molecule has 0 saturated carbocycles. The van der Waals surface area contributed by atoms with Crippen LogP contribution >= 0.6 is 0 Å². The number of aromatic nitrogens is 3. The van der Waals surface area contributed by atoms with Crippen molar-refractivity contribution in [3.63, 3.8) is 0 Å². The van der Waals surface area contributed by atoms with Crippen LogP contribution in [0, 0.1) is 0 Å². The average Bonchev–Trinajstić information content (AvgIpc) is 3.43. The molecule has 2 amide bonds. The Morgan fingerprint density at radius 3 is 2.40 bits per heavy atom. The molecule has 1 atom stereocenters. The summed E-state index contributed by atoms with van der Waals surface area (Å²) in [5.74, 6) is -1.71. The Hall–Kier alpha value is -4.47. The van der Waals surface area contributed by atoms with Crippen LogP contribution in [0.1, 0.15) is 29.2 Å². The van der Waals surface area contributed by atoms with E-state index in [2.05, 4.69) is 39.7 Å². The first-order valence-electron chi connectivity index (χ1n) is 11.1. The van der Waals surface area contributed by atoms with Crippen molar-refractivity contribution in [2.75, 3.05) is 6.61 Å². The van der Waals surface area contributed by atoms with Gasteiger partial charge in [-0.05, 0) is 28.7 Å². The Morgan fingerprint density at radius 2 is 1.77 bits per heavy atom.